The molecule has 0 aromatic carbocycles. The summed E-state index contributed by atoms with van der Waals surface area (Å²) in [5.74, 6) is -1.26. The molecule has 0 radical (unpaired) electrons. The lowest BCUT2D eigenvalue weighted by Crippen LogP contribution is -2.51. The van der Waals surface area contributed by atoms with Gasteiger partial charge in [0.15, 0.2) is 0 Å². The van der Waals surface area contributed by atoms with Crippen molar-refractivity contribution in [3.63, 3.8) is 0 Å². The molecule has 0 saturated carbocycles. The lowest BCUT2D eigenvalue weighted by atomic mass is 9.85. The maximum absolute atomic E-state index is 12.2. The summed E-state index contributed by atoms with van der Waals surface area (Å²) in [6, 6.07) is 1.58. The summed E-state index contributed by atoms with van der Waals surface area (Å²) in [6.45, 7) is 5.49. The summed E-state index contributed by atoms with van der Waals surface area (Å²) in [6.07, 6.45) is 2.92. The highest BCUT2D eigenvalue weighted by Crippen LogP contribution is 2.23. The highest BCUT2D eigenvalue weighted by atomic mass is 79.9. The maximum atomic E-state index is 12.2. The van der Waals surface area contributed by atoms with Gasteiger partial charge < -0.3 is 10.4 Å². The van der Waals surface area contributed by atoms with Gasteiger partial charge in [0.25, 0.3) is 5.91 Å². The first kappa shape index (κ1) is 15.6. The molecule has 1 unspecified atom stereocenters. The Balaban J connectivity index is 2.95. The number of carbonyl (C=O) groups excluding carboxylic acids is 1. The van der Waals surface area contributed by atoms with E-state index in [4.69, 9.17) is 5.11 Å². The number of carboxylic acids is 1. The minimum absolute atomic E-state index is 0.00633. The van der Waals surface area contributed by atoms with E-state index in [0.717, 1.165) is 0 Å². The molecule has 6 heteroatoms. The lowest BCUT2D eigenvalue weighted by Gasteiger charge is -2.33. The smallest absolute Gasteiger partial charge is 0.305 e. The molecule has 0 aliphatic rings. The zero-order valence-corrected chi connectivity index (χ0v) is 12.7. The molecule has 0 spiro atoms. The molecule has 5 nitrogen and oxygen atoms in total. The number of halogens is 1. The predicted octanol–water partition coefficient (Wildman–Crippen LogP) is 2.46. The molecule has 2 N–H and O–H groups in total. The Morgan fingerprint density at radius 2 is 2.16 bits per heavy atom. The van der Waals surface area contributed by atoms with Gasteiger partial charge in [-0.05, 0) is 34.8 Å². The average molecular weight is 329 g/mol. The van der Waals surface area contributed by atoms with E-state index >= 15 is 0 Å². The number of carbonyl (C=O) groups is 2. The van der Waals surface area contributed by atoms with Crippen LogP contribution in [0, 0.1) is 5.92 Å². The third-order valence-corrected chi connectivity index (χ3v) is 3.84. The van der Waals surface area contributed by atoms with Crippen LogP contribution in [-0.2, 0) is 4.79 Å². The average Bonchev–Trinajstić information content (AvgIpc) is 2.27. The van der Waals surface area contributed by atoms with Gasteiger partial charge in [-0.2, -0.15) is 0 Å². The van der Waals surface area contributed by atoms with Crippen LogP contribution in [0.1, 0.15) is 37.6 Å². The fourth-order valence-electron chi connectivity index (χ4n) is 1.59. The van der Waals surface area contributed by atoms with Crippen molar-refractivity contribution in [1.29, 1.82) is 0 Å². The van der Waals surface area contributed by atoms with Crippen molar-refractivity contribution in [2.24, 2.45) is 5.92 Å². The van der Waals surface area contributed by atoms with Crippen molar-refractivity contribution in [3.05, 3.63) is 28.5 Å². The SMILES string of the molecule is CC(C)C(C)(CC(=O)O)NC(=O)c1ccncc1Br. The molecule has 0 bridgehead atoms. The quantitative estimate of drug-likeness (QED) is 0.870. The molecule has 1 aromatic heterocycles. The molecule has 0 aliphatic carbocycles. The number of pyridine rings is 1. The molecule has 0 fully saturated rings. The van der Waals surface area contributed by atoms with Crippen LogP contribution >= 0.6 is 15.9 Å². The van der Waals surface area contributed by atoms with Crippen LogP contribution in [0.15, 0.2) is 22.9 Å². The Hall–Kier alpha value is -1.43. The molecule has 1 atom stereocenters. The molecular weight excluding hydrogens is 312 g/mol. The number of hydrogen-bond donors (Lipinski definition) is 2. The molecular formula is C13H17BrN2O3. The number of nitrogens with one attached hydrogen (secondary N) is 1. The number of amides is 1. The maximum Gasteiger partial charge on any atom is 0.305 e. The highest BCUT2D eigenvalue weighted by Gasteiger charge is 2.33. The zero-order chi connectivity index (χ0) is 14.6. The second kappa shape index (κ2) is 6.14. The summed E-state index contributed by atoms with van der Waals surface area (Å²) in [5.41, 5.74) is -0.363. The molecule has 19 heavy (non-hydrogen) atoms. The van der Waals surface area contributed by atoms with Crippen molar-refractivity contribution in [1.82, 2.24) is 10.3 Å². The standard InChI is InChI=1S/C13H17BrN2O3/c1-8(2)13(3,6-11(17)18)16-12(19)9-4-5-15-7-10(9)14/h4-5,7-8H,6H2,1-3H3,(H,16,19)(H,17,18). The summed E-state index contributed by atoms with van der Waals surface area (Å²) in [4.78, 5) is 27.0. The van der Waals surface area contributed by atoms with Crippen molar-refractivity contribution in [2.45, 2.75) is 32.7 Å². The van der Waals surface area contributed by atoms with Gasteiger partial charge in [-0.1, -0.05) is 13.8 Å². The van der Waals surface area contributed by atoms with E-state index in [9.17, 15) is 9.59 Å². The van der Waals surface area contributed by atoms with Gasteiger partial charge in [0, 0.05) is 16.9 Å². The topological polar surface area (TPSA) is 79.3 Å². The van der Waals surface area contributed by atoms with Crippen LogP contribution in [-0.4, -0.2) is 27.5 Å². The molecule has 104 valence electrons. The summed E-state index contributed by atoms with van der Waals surface area (Å²) < 4.78 is 0.578. The molecule has 1 amide bonds. The number of hydrogen-bond acceptors (Lipinski definition) is 3. The van der Waals surface area contributed by atoms with Crippen molar-refractivity contribution in [3.8, 4) is 0 Å². The number of nitrogens with zero attached hydrogens (tertiary/aromatic N) is 1. The second-order valence-electron chi connectivity index (χ2n) is 4.95. The van der Waals surface area contributed by atoms with Crippen molar-refractivity contribution >= 4 is 27.8 Å². The Morgan fingerprint density at radius 3 is 2.63 bits per heavy atom. The van der Waals surface area contributed by atoms with E-state index in [2.05, 4.69) is 26.2 Å². The second-order valence-corrected chi connectivity index (χ2v) is 5.81. The van der Waals surface area contributed by atoms with Gasteiger partial charge in [0.2, 0.25) is 0 Å². The van der Waals surface area contributed by atoms with Crippen LogP contribution in [0.5, 0.6) is 0 Å². The summed E-state index contributed by atoms with van der Waals surface area (Å²) in [7, 11) is 0. The number of rotatable bonds is 5. The Kier molecular flexibility index (Phi) is 5.05. The zero-order valence-electron chi connectivity index (χ0n) is 11.1. The first-order valence-electron chi connectivity index (χ1n) is 5.90. The van der Waals surface area contributed by atoms with Gasteiger partial charge in [-0.3, -0.25) is 14.6 Å². The van der Waals surface area contributed by atoms with E-state index < -0.39 is 11.5 Å². The third kappa shape index (κ3) is 4.02. The largest absolute Gasteiger partial charge is 0.481 e. The fourth-order valence-corrected chi connectivity index (χ4v) is 2.02. The first-order valence-corrected chi connectivity index (χ1v) is 6.69. The minimum atomic E-state index is -0.940. The number of carboxylic acid groups (broad SMARTS) is 1. The minimum Gasteiger partial charge on any atom is -0.481 e. The first-order chi connectivity index (χ1) is 8.76. The third-order valence-electron chi connectivity index (χ3n) is 3.21. The Labute approximate surface area is 120 Å². The molecule has 0 saturated heterocycles. The van der Waals surface area contributed by atoms with Crippen LogP contribution in [0.4, 0.5) is 0 Å². The van der Waals surface area contributed by atoms with E-state index in [1.54, 1.807) is 13.0 Å². The highest BCUT2D eigenvalue weighted by molar-refractivity contribution is 9.10. The van der Waals surface area contributed by atoms with Crippen LogP contribution in [0.3, 0.4) is 0 Å². The van der Waals surface area contributed by atoms with Gasteiger partial charge >= 0.3 is 5.97 Å². The van der Waals surface area contributed by atoms with E-state index in [-0.39, 0.29) is 18.2 Å². The van der Waals surface area contributed by atoms with Gasteiger partial charge in [-0.15, -0.1) is 0 Å². The molecule has 1 aromatic rings. The van der Waals surface area contributed by atoms with Gasteiger partial charge in [0.05, 0.1) is 17.5 Å². The Bertz CT molecular complexity index is 491. The van der Waals surface area contributed by atoms with Crippen molar-refractivity contribution < 1.29 is 14.7 Å². The van der Waals surface area contributed by atoms with Crippen LogP contribution in [0.25, 0.3) is 0 Å². The fraction of sp³-hybridized carbons (Fsp3) is 0.462. The van der Waals surface area contributed by atoms with E-state index in [0.29, 0.717) is 10.0 Å². The monoisotopic (exact) mass is 328 g/mol. The van der Waals surface area contributed by atoms with Gasteiger partial charge in [0.1, 0.15) is 0 Å². The molecule has 1 rings (SSSR count). The Morgan fingerprint density at radius 1 is 1.53 bits per heavy atom. The number of aliphatic carboxylic acids is 1. The van der Waals surface area contributed by atoms with E-state index in [1.807, 2.05) is 13.8 Å². The lowest BCUT2D eigenvalue weighted by molar-refractivity contribution is -0.138. The van der Waals surface area contributed by atoms with E-state index in [1.165, 1.54) is 12.4 Å². The molecule has 1 heterocycles. The summed E-state index contributed by atoms with van der Waals surface area (Å²) >= 11 is 3.25. The normalized spacial score (nSPS) is 13.9. The van der Waals surface area contributed by atoms with Crippen LogP contribution < -0.4 is 5.32 Å². The van der Waals surface area contributed by atoms with Crippen LogP contribution in [0.2, 0.25) is 0 Å². The van der Waals surface area contributed by atoms with Gasteiger partial charge in [-0.25, -0.2) is 0 Å². The predicted molar refractivity (Wildman–Crippen MR) is 74.9 cm³/mol. The number of aromatic nitrogens is 1. The summed E-state index contributed by atoms with van der Waals surface area (Å²) in [5, 5.41) is 11.8. The molecule has 0 aliphatic heterocycles. The van der Waals surface area contributed by atoms with Crippen molar-refractivity contribution in [2.75, 3.05) is 0 Å².